The number of nitrogens with two attached hydrogens (primary N) is 1. The maximum atomic E-state index is 13.2. The van der Waals surface area contributed by atoms with Crippen molar-refractivity contribution in [3.05, 3.63) is 36.0 Å². The Labute approximate surface area is 220 Å². The SMILES string of the molecule is CCC(C)C(NC(=O)C1CCCN1)C(=O)NC(CC(N)=O)C(=O)NC(Cc1c[nH]c2ccccc12)C(=O)O. The summed E-state index contributed by atoms with van der Waals surface area (Å²) < 4.78 is 0. The van der Waals surface area contributed by atoms with Gasteiger partial charge in [0.15, 0.2) is 0 Å². The van der Waals surface area contributed by atoms with E-state index in [0.717, 1.165) is 17.3 Å². The molecule has 3 rings (SSSR count). The number of hydrogen-bond donors (Lipinski definition) is 7. The van der Waals surface area contributed by atoms with Crippen LogP contribution in [0.1, 0.15) is 45.1 Å². The molecule has 1 aromatic carbocycles. The standard InChI is InChI=1S/C26H36N6O6/c1-3-14(2)22(32-23(34)18-9-6-10-28-18)25(36)30-19(12-21(27)33)24(35)31-20(26(37)38)11-15-13-29-17-8-5-4-7-16(15)17/h4-5,7-8,13-14,18-20,22,28-29H,3,6,9-12H2,1-2H3,(H2,27,33)(H,30,36)(H,31,35)(H,32,34)(H,37,38). The van der Waals surface area contributed by atoms with E-state index in [2.05, 4.69) is 26.3 Å². The van der Waals surface area contributed by atoms with Gasteiger partial charge in [0.05, 0.1) is 12.5 Å². The molecule has 4 amide bonds. The monoisotopic (exact) mass is 528 g/mol. The fourth-order valence-corrected chi connectivity index (χ4v) is 4.53. The highest BCUT2D eigenvalue weighted by atomic mass is 16.4. The van der Waals surface area contributed by atoms with E-state index in [1.54, 1.807) is 13.1 Å². The molecule has 1 saturated heterocycles. The number of benzene rings is 1. The summed E-state index contributed by atoms with van der Waals surface area (Å²) in [6, 6.07) is 3.24. The first-order valence-electron chi connectivity index (χ1n) is 12.8. The molecule has 5 unspecified atom stereocenters. The van der Waals surface area contributed by atoms with Gasteiger partial charge in [0.25, 0.3) is 0 Å². The third kappa shape index (κ3) is 7.31. The summed E-state index contributed by atoms with van der Waals surface area (Å²) in [5, 5.41) is 21.4. The maximum absolute atomic E-state index is 13.2. The number of carbonyl (C=O) groups excluding carboxylic acids is 4. The molecule has 5 atom stereocenters. The van der Waals surface area contributed by atoms with Crippen molar-refractivity contribution in [1.29, 1.82) is 0 Å². The van der Waals surface area contributed by atoms with Gasteiger partial charge in [-0.1, -0.05) is 38.5 Å². The van der Waals surface area contributed by atoms with Crippen LogP contribution in [-0.2, 0) is 30.4 Å². The van der Waals surface area contributed by atoms with E-state index in [-0.39, 0.29) is 18.2 Å². The summed E-state index contributed by atoms with van der Waals surface area (Å²) in [7, 11) is 0. The maximum Gasteiger partial charge on any atom is 0.326 e. The lowest BCUT2D eigenvalue weighted by molar-refractivity contribution is -0.142. The molecule has 0 saturated carbocycles. The lowest BCUT2D eigenvalue weighted by Gasteiger charge is -2.27. The van der Waals surface area contributed by atoms with Crippen LogP contribution in [0.25, 0.3) is 10.9 Å². The van der Waals surface area contributed by atoms with Crippen molar-refractivity contribution in [2.24, 2.45) is 11.7 Å². The van der Waals surface area contributed by atoms with Crippen LogP contribution in [0.4, 0.5) is 0 Å². The minimum Gasteiger partial charge on any atom is -0.480 e. The number of aliphatic carboxylic acids is 1. The first-order valence-corrected chi connectivity index (χ1v) is 12.8. The van der Waals surface area contributed by atoms with E-state index < -0.39 is 54.3 Å². The molecular formula is C26H36N6O6. The van der Waals surface area contributed by atoms with E-state index in [1.165, 1.54) is 0 Å². The number of carboxylic acid groups (broad SMARTS) is 1. The molecule has 0 bridgehead atoms. The number of fused-ring (bicyclic) bond motifs is 1. The number of para-hydroxylation sites is 1. The molecule has 1 fully saturated rings. The largest absolute Gasteiger partial charge is 0.480 e. The van der Waals surface area contributed by atoms with Crippen molar-refractivity contribution in [2.75, 3.05) is 6.54 Å². The third-order valence-electron chi connectivity index (χ3n) is 6.92. The van der Waals surface area contributed by atoms with Crippen LogP contribution < -0.4 is 27.0 Å². The quantitative estimate of drug-likeness (QED) is 0.189. The predicted molar refractivity (Wildman–Crippen MR) is 140 cm³/mol. The van der Waals surface area contributed by atoms with Crippen LogP contribution in [0.15, 0.2) is 30.5 Å². The fraction of sp³-hybridized carbons (Fsp3) is 0.500. The Morgan fingerprint density at radius 1 is 1.08 bits per heavy atom. The molecule has 38 heavy (non-hydrogen) atoms. The van der Waals surface area contributed by atoms with Crippen LogP contribution in [0.3, 0.4) is 0 Å². The number of carbonyl (C=O) groups is 5. The molecule has 2 aromatic rings. The minimum atomic E-state index is -1.42. The van der Waals surface area contributed by atoms with Crippen LogP contribution in [-0.4, -0.2) is 70.4 Å². The van der Waals surface area contributed by atoms with Gasteiger partial charge >= 0.3 is 5.97 Å². The van der Waals surface area contributed by atoms with Crippen molar-refractivity contribution in [3.8, 4) is 0 Å². The summed E-state index contributed by atoms with van der Waals surface area (Å²) >= 11 is 0. The zero-order valence-electron chi connectivity index (χ0n) is 21.6. The van der Waals surface area contributed by atoms with E-state index in [4.69, 9.17) is 5.73 Å². The normalized spacial score (nSPS) is 18.2. The lowest BCUT2D eigenvalue weighted by atomic mass is 9.97. The molecule has 8 N–H and O–H groups in total. The molecular weight excluding hydrogens is 492 g/mol. The molecule has 1 aliphatic heterocycles. The molecule has 0 spiro atoms. The van der Waals surface area contributed by atoms with Gasteiger partial charge in [-0.05, 0) is 36.9 Å². The van der Waals surface area contributed by atoms with Gasteiger partial charge in [-0.15, -0.1) is 0 Å². The Kier molecular flexibility index (Phi) is 9.83. The topological polar surface area (TPSA) is 196 Å². The zero-order valence-corrected chi connectivity index (χ0v) is 21.6. The number of nitrogens with one attached hydrogen (secondary N) is 5. The Bertz CT molecular complexity index is 1170. The second-order valence-electron chi connectivity index (χ2n) is 9.72. The molecule has 0 aliphatic carbocycles. The van der Waals surface area contributed by atoms with E-state index in [9.17, 15) is 29.1 Å². The third-order valence-corrected chi connectivity index (χ3v) is 6.92. The van der Waals surface area contributed by atoms with E-state index in [0.29, 0.717) is 24.9 Å². The van der Waals surface area contributed by atoms with Crippen LogP contribution in [0.2, 0.25) is 0 Å². The molecule has 12 heteroatoms. The van der Waals surface area contributed by atoms with Gasteiger partial charge in [0, 0.05) is 23.5 Å². The fourth-order valence-electron chi connectivity index (χ4n) is 4.53. The van der Waals surface area contributed by atoms with E-state index >= 15 is 0 Å². The van der Waals surface area contributed by atoms with Gasteiger partial charge in [0.1, 0.15) is 18.1 Å². The number of primary amides is 1. The first kappa shape index (κ1) is 28.6. The van der Waals surface area contributed by atoms with Crippen molar-refractivity contribution in [3.63, 3.8) is 0 Å². The number of carboxylic acids is 1. The summed E-state index contributed by atoms with van der Waals surface area (Å²) in [5.41, 5.74) is 6.83. The highest BCUT2D eigenvalue weighted by molar-refractivity contribution is 5.96. The summed E-state index contributed by atoms with van der Waals surface area (Å²) in [5.74, 6) is -4.24. The molecule has 206 valence electrons. The Hall–Kier alpha value is -3.93. The Balaban J connectivity index is 1.73. The van der Waals surface area contributed by atoms with Crippen molar-refractivity contribution in [1.82, 2.24) is 26.3 Å². The molecule has 1 aliphatic rings. The van der Waals surface area contributed by atoms with Crippen LogP contribution in [0.5, 0.6) is 0 Å². The molecule has 1 aromatic heterocycles. The van der Waals surface area contributed by atoms with Crippen molar-refractivity contribution >= 4 is 40.5 Å². The molecule has 2 heterocycles. The zero-order chi connectivity index (χ0) is 27.8. The minimum absolute atomic E-state index is 0.0255. The molecule has 12 nitrogen and oxygen atoms in total. The van der Waals surface area contributed by atoms with Crippen molar-refractivity contribution < 1.29 is 29.1 Å². The summed E-state index contributed by atoms with van der Waals surface area (Å²) in [6.07, 6.45) is 3.18. The number of H-pyrrole nitrogens is 1. The second-order valence-corrected chi connectivity index (χ2v) is 9.72. The van der Waals surface area contributed by atoms with Crippen LogP contribution in [0, 0.1) is 5.92 Å². The van der Waals surface area contributed by atoms with Gasteiger partial charge in [-0.25, -0.2) is 4.79 Å². The Morgan fingerprint density at radius 2 is 1.79 bits per heavy atom. The lowest BCUT2D eigenvalue weighted by Crippen LogP contribution is -2.59. The second kappa shape index (κ2) is 13.0. The van der Waals surface area contributed by atoms with Gasteiger partial charge in [-0.2, -0.15) is 0 Å². The van der Waals surface area contributed by atoms with Gasteiger partial charge in [0.2, 0.25) is 23.6 Å². The van der Waals surface area contributed by atoms with Gasteiger partial charge < -0.3 is 37.1 Å². The number of hydrogen-bond acceptors (Lipinski definition) is 6. The highest BCUT2D eigenvalue weighted by Crippen LogP contribution is 2.19. The number of amides is 4. The highest BCUT2D eigenvalue weighted by Gasteiger charge is 2.34. The van der Waals surface area contributed by atoms with Crippen molar-refractivity contribution in [2.45, 2.75) is 70.1 Å². The first-order chi connectivity index (χ1) is 18.1. The molecule has 0 radical (unpaired) electrons. The summed E-state index contributed by atoms with van der Waals surface area (Å²) in [4.78, 5) is 65.8. The smallest absolute Gasteiger partial charge is 0.326 e. The predicted octanol–water partition coefficient (Wildman–Crippen LogP) is -0.0771. The number of aromatic amines is 1. The Morgan fingerprint density at radius 3 is 2.42 bits per heavy atom. The summed E-state index contributed by atoms with van der Waals surface area (Å²) in [6.45, 7) is 4.36. The number of rotatable bonds is 13. The number of aromatic nitrogens is 1. The van der Waals surface area contributed by atoms with E-state index in [1.807, 2.05) is 31.2 Å². The van der Waals surface area contributed by atoms with Gasteiger partial charge in [-0.3, -0.25) is 19.2 Å². The van der Waals surface area contributed by atoms with Crippen LogP contribution >= 0.6 is 0 Å². The average Bonchev–Trinajstić information content (AvgIpc) is 3.56. The average molecular weight is 529 g/mol.